The monoisotopic (exact) mass is 404 g/mol. The summed E-state index contributed by atoms with van der Waals surface area (Å²) in [7, 11) is 0. The van der Waals surface area contributed by atoms with E-state index >= 15 is 0 Å². The smallest absolute Gasteiger partial charge is 0.161 e. The molecular weight excluding hydrogens is 376 g/mol. The van der Waals surface area contributed by atoms with Gasteiger partial charge in [-0.05, 0) is 75.2 Å². The zero-order valence-corrected chi connectivity index (χ0v) is 18.8. The quantitative estimate of drug-likeness (QED) is 0.356. The summed E-state index contributed by atoms with van der Waals surface area (Å²) >= 11 is 1.83. The number of carbonyl (C=O) groups excluding carboxylic acids is 1. The van der Waals surface area contributed by atoms with Crippen LogP contribution in [0.1, 0.15) is 74.5 Å². The Morgan fingerprint density at radius 2 is 1.66 bits per heavy atom. The first kappa shape index (κ1) is 19.7. The van der Waals surface area contributed by atoms with Gasteiger partial charge in [0.05, 0.1) is 5.92 Å². The number of fused-ring (bicyclic) bond motifs is 1. The summed E-state index contributed by atoms with van der Waals surface area (Å²) in [5, 5.41) is 1.27. The highest BCUT2D eigenvalue weighted by Gasteiger charge is 2.29. The van der Waals surface area contributed by atoms with Crippen molar-refractivity contribution in [1.82, 2.24) is 9.97 Å². The third-order valence-corrected chi connectivity index (χ3v) is 7.30. The molecule has 1 aromatic carbocycles. The van der Waals surface area contributed by atoms with Crippen molar-refractivity contribution < 1.29 is 4.79 Å². The van der Waals surface area contributed by atoms with Crippen LogP contribution < -0.4 is 0 Å². The third-order valence-electron chi connectivity index (χ3n) is 6.12. The number of hydrogen-bond acceptors (Lipinski definition) is 2. The van der Waals surface area contributed by atoms with E-state index in [9.17, 15) is 4.79 Å². The molecule has 0 spiro atoms. The summed E-state index contributed by atoms with van der Waals surface area (Å²) in [5.41, 5.74) is 9.12. The Balaban J connectivity index is 2.00. The molecule has 0 radical (unpaired) electrons. The predicted octanol–water partition coefficient (Wildman–Crippen LogP) is 6.74. The van der Waals surface area contributed by atoms with E-state index in [2.05, 4.69) is 68.0 Å². The minimum atomic E-state index is 0.0539. The molecule has 0 aliphatic rings. The number of carbonyl (C=O) groups is 1. The Morgan fingerprint density at radius 3 is 2.24 bits per heavy atom. The van der Waals surface area contributed by atoms with Crippen molar-refractivity contribution >= 4 is 27.2 Å². The van der Waals surface area contributed by atoms with Gasteiger partial charge in [-0.3, -0.25) is 4.79 Å². The van der Waals surface area contributed by atoms with Crippen molar-refractivity contribution in [3.05, 3.63) is 80.2 Å². The van der Waals surface area contributed by atoms with Gasteiger partial charge in [0.1, 0.15) is 0 Å². The Bertz CT molecular complexity index is 1190. The van der Waals surface area contributed by atoms with E-state index in [4.69, 9.17) is 0 Å². The molecule has 0 aliphatic heterocycles. The molecule has 3 nitrogen and oxygen atoms in total. The van der Waals surface area contributed by atoms with E-state index < -0.39 is 0 Å². The molecule has 2 N–H and O–H groups in total. The number of hydrogen-bond donors (Lipinski definition) is 2. The number of aromatic nitrogens is 2. The first-order valence-electron chi connectivity index (χ1n) is 10.2. The van der Waals surface area contributed by atoms with E-state index in [0.717, 1.165) is 28.9 Å². The number of nitrogens with one attached hydrogen (secondary N) is 2. The average Bonchev–Trinajstić information content (AvgIpc) is 3.30. The number of ketones is 1. The van der Waals surface area contributed by atoms with Gasteiger partial charge in [-0.15, -0.1) is 11.3 Å². The topological polar surface area (TPSA) is 48.6 Å². The molecule has 3 heterocycles. The summed E-state index contributed by atoms with van der Waals surface area (Å²) in [6, 6.07) is 10.8. The van der Waals surface area contributed by atoms with Gasteiger partial charge in [0.25, 0.3) is 0 Å². The zero-order chi connectivity index (χ0) is 20.9. The third kappa shape index (κ3) is 3.16. The molecule has 0 saturated heterocycles. The number of rotatable bonds is 5. The lowest BCUT2D eigenvalue weighted by molar-refractivity contribution is 0.101. The Kier molecular flexibility index (Phi) is 4.99. The van der Waals surface area contributed by atoms with Gasteiger partial charge in [0.15, 0.2) is 5.78 Å². The first-order valence-corrected chi connectivity index (χ1v) is 11.0. The molecular formula is C25H28N2OS. The van der Waals surface area contributed by atoms with Gasteiger partial charge in [-0.25, -0.2) is 0 Å². The molecule has 1 unspecified atom stereocenters. The van der Waals surface area contributed by atoms with Crippen LogP contribution in [0.2, 0.25) is 0 Å². The molecule has 4 heteroatoms. The maximum Gasteiger partial charge on any atom is 0.161 e. The molecule has 3 aromatic heterocycles. The van der Waals surface area contributed by atoms with Gasteiger partial charge in [0, 0.05) is 37.9 Å². The van der Waals surface area contributed by atoms with Gasteiger partial charge in [0.2, 0.25) is 0 Å². The van der Waals surface area contributed by atoms with Gasteiger partial charge in [-0.1, -0.05) is 25.1 Å². The maximum absolute atomic E-state index is 12.3. The van der Waals surface area contributed by atoms with Crippen LogP contribution in [0.15, 0.2) is 30.3 Å². The van der Waals surface area contributed by atoms with Crippen LogP contribution in [0.25, 0.3) is 10.1 Å². The first-order chi connectivity index (χ1) is 13.8. The zero-order valence-electron chi connectivity index (χ0n) is 18.0. The molecule has 4 aromatic rings. The SMILES string of the molecule is CCc1c(C)[nH]c(C(c2cc3ccccc3s2)c2[nH]c(C)c(C(C)=O)c2C)c1C. The minimum Gasteiger partial charge on any atom is -0.361 e. The van der Waals surface area contributed by atoms with E-state index in [1.807, 2.05) is 18.3 Å². The normalized spacial score (nSPS) is 12.6. The van der Waals surface area contributed by atoms with Gasteiger partial charge in [-0.2, -0.15) is 0 Å². The van der Waals surface area contributed by atoms with Gasteiger partial charge < -0.3 is 9.97 Å². The summed E-state index contributed by atoms with van der Waals surface area (Å²) in [4.78, 5) is 20.8. The molecule has 1 atom stereocenters. The highest BCUT2D eigenvalue weighted by atomic mass is 32.1. The van der Waals surface area contributed by atoms with Crippen LogP contribution in [0.5, 0.6) is 0 Å². The maximum atomic E-state index is 12.3. The van der Waals surface area contributed by atoms with E-state index in [0.29, 0.717) is 0 Å². The van der Waals surface area contributed by atoms with Crippen molar-refractivity contribution in [3.63, 3.8) is 0 Å². The van der Waals surface area contributed by atoms with Crippen LogP contribution in [-0.4, -0.2) is 15.8 Å². The van der Waals surface area contributed by atoms with Crippen LogP contribution >= 0.6 is 11.3 Å². The van der Waals surface area contributed by atoms with Crippen LogP contribution in [0, 0.1) is 27.7 Å². The predicted molar refractivity (Wildman–Crippen MR) is 123 cm³/mol. The van der Waals surface area contributed by atoms with Crippen molar-refractivity contribution in [2.45, 2.75) is 53.9 Å². The molecule has 0 aliphatic carbocycles. The highest BCUT2D eigenvalue weighted by molar-refractivity contribution is 7.19. The minimum absolute atomic E-state index is 0.0539. The lowest BCUT2D eigenvalue weighted by atomic mass is 9.91. The van der Waals surface area contributed by atoms with Crippen molar-refractivity contribution in [2.75, 3.05) is 0 Å². The number of thiophene rings is 1. The van der Waals surface area contributed by atoms with E-state index in [-0.39, 0.29) is 11.7 Å². The Labute approximate surface area is 176 Å². The van der Waals surface area contributed by atoms with Gasteiger partial charge >= 0.3 is 0 Å². The van der Waals surface area contributed by atoms with Crippen LogP contribution in [0.4, 0.5) is 0 Å². The number of Topliss-reactive ketones (excluding diaryl/α,β-unsaturated/α-hetero) is 1. The standard InChI is InChI=1S/C25H28N2OS/c1-7-19-13(2)24(26-15(19)4)23(21-12-18-10-8-9-11-20(18)29-21)25-14(3)22(17(6)28)16(5)27-25/h8-12,23,26-27H,7H2,1-6H3. The Morgan fingerprint density at radius 1 is 1.00 bits per heavy atom. The molecule has 0 bridgehead atoms. The second-order valence-electron chi connectivity index (χ2n) is 7.96. The fourth-order valence-electron chi connectivity index (χ4n) is 4.80. The second kappa shape index (κ2) is 7.34. The number of benzene rings is 1. The summed E-state index contributed by atoms with van der Waals surface area (Å²) in [6.45, 7) is 12.3. The van der Waals surface area contributed by atoms with Crippen molar-refractivity contribution in [2.24, 2.45) is 0 Å². The molecule has 29 heavy (non-hydrogen) atoms. The lowest BCUT2D eigenvalue weighted by Crippen LogP contribution is -2.07. The Hall–Kier alpha value is -2.59. The molecule has 150 valence electrons. The van der Waals surface area contributed by atoms with E-state index in [1.54, 1.807) is 6.92 Å². The number of aromatic amines is 2. The fourth-order valence-corrected chi connectivity index (χ4v) is 5.98. The molecule has 0 amide bonds. The largest absolute Gasteiger partial charge is 0.361 e. The van der Waals surface area contributed by atoms with Crippen LogP contribution in [-0.2, 0) is 6.42 Å². The average molecular weight is 405 g/mol. The molecule has 0 saturated carbocycles. The van der Waals surface area contributed by atoms with Crippen molar-refractivity contribution in [1.29, 1.82) is 0 Å². The summed E-state index contributed by atoms with van der Waals surface area (Å²) in [6.07, 6.45) is 1.01. The summed E-state index contributed by atoms with van der Waals surface area (Å²) < 4.78 is 1.29. The summed E-state index contributed by atoms with van der Waals surface area (Å²) in [5.74, 6) is 0.171. The lowest BCUT2D eigenvalue weighted by Gasteiger charge is -2.17. The number of H-pyrrole nitrogens is 2. The molecule has 4 rings (SSSR count). The highest BCUT2D eigenvalue weighted by Crippen LogP contribution is 2.42. The van der Waals surface area contributed by atoms with Crippen molar-refractivity contribution in [3.8, 4) is 0 Å². The second-order valence-corrected chi connectivity index (χ2v) is 9.08. The number of aryl methyl sites for hydroxylation is 2. The fraction of sp³-hybridized carbons (Fsp3) is 0.320. The van der Waals surface area contributed by atoms with E-state index in [1.165, 1.54) is 37.5 Å². The molecule has 0 fully saturated rings. The van der Waals surface area contributed by atoms with Crippen LogP contribution in [0.3, 0.4) is 0 Å².